The van der Waals surface area contributed by atoms with Gasteiger partial charge in [-0.05, 0) is 18.2 Å². The summed E-state index contributed by atoms with van der Waals surface area (Å²) in [5.41, 5.74) is 6.25. The summed E-state index contributed by atoms with van der Waals surface area (Å²) in [5.74, 6) is -3.74. The molecule has 0 saturated carbocycles. The number of methoxy groups -OCH3 is 1. The molecule has 1 fully saturated rings. The summed E-state index contributed by atoms with van der Waals surface area (Å²) in [4.78, 5) is 25.1. The van der Waals surface area contributed by atoms with Gasteiger partial charge in [-0.15, -0.1) is 0 Å². The van der Waals surface area contributed by atoms with Crippen molar-refractivity contribution in [3.63, 3.8) is 0 Å². The number of nitrogens with zero attached hydrogens (tertiary/aromatic N) is 1. The highest BCUT2D eigenvalue weighted by Gasteiger charge is 2.35. The van der Waals surface area contributed by atoms with Crippen LogP contribution in [-0.2, 0) is 4.74 Å². The molecule has 2 rings (SSSR count). The second-order valence-electron chi connectivity index (χ2n) is 4.98. The normalized spacial score (nSPS) is 17.4. The zero-order valence-electron chi connectivity index (χ0n) is 11.6. The molecular formula is C14H16F2N2O3. The number of carbonyl (C=O) groups excluding carboxylic acids is 2. The van der Waals surface area contributed by atoms with Crippen LogP contribution in [0, 0.1) is 0 Å². The van der Waals surface area contributed by atoms with Crippen molar-refractivity contribution in [3.8, 4) is 0 Å². The molecule has 0 aliphatic carbocycles. The van der Waals surface area contributed by atoms with Crippen LogP contribution in [0.4, 0.5) is 14.5 Å². The molecule has 1 aromatic carbocycles. The van der Waals surface area contributed by atoms with Crippen LogP contribution in [0.1, 0.15) is 33.6 Å². The van der Waals surface area contributed by atoms with Crippen LogP contribution in [0.2, 0.25) is 0 Å². The average Bonchev–Trinajstić information content (AvgIpc) is 2.45. The molecule has 0 unspecified atom stereocenters. The minimum atomic E-state index is -2.72. The van der Waals surface area contributed by atoms with Gasteiger partial charge in [0.1, 0.15) is 0 Å². The minimum Gasteiger partial charge on any atom is -0.465 e. The van der Waals surface area contributed by atoms with E-state index >= 15 is 0 Å². The molecule has 1 amide bonds. The minimum absolute atomic E-state index is 0.0197. The van der Waals surface area contributed by atoms with E-state index in [2.05, 4.69) is 4.74 Å². The molecular weight excluding hydrogens is 282 g/mol. The number of hydrogen-bond acceptors (Lipinski definition) is 4. The zero-order chi connectivity index (χ0) is 15.6. The van der Waals surface area contributed by atoms with E-state index in [-0.39, 0.29) is 42.7 Å². The SMILES string of the molecule is COC(=O)c1cc(N)cc(C(=O)N2CCC(F)(F)CC2)c1. The Kier molecular flexibility index (Phi) is 4.11. The maximum absolute atomic E-state index is 13.1. The fraction of sp³-hybridized carbons (Fsp3) is 0.429. The van der Waals surface area contributed by atoms with E-state index in [9.17, 15) is 18.4 Å². The highest BCUT2D eigenvalue weighted by molar-refractivity contribution is 5.99. The zero-order valence-corrected chi connectivity index (χ0v) is 11.6. The summed E-state index contributed by atoms with van der Waals surface area (Å²) in [7, 11) is 1.22. The van der Waals surface area contributed by atoms with E-state index in [1.165, 1.54) is 30.2 Å². The van der Waals surface area contributed by atoms with E-state index < -0.39 is 17.8 Å². The molecule has 1 aliphatic rings. The van der Waals surface area contributed by atoms with E-state index in [0.717, 1.165) is 0 Å². The monoisotopic (exact) mass is 298 g/mol. The molecule has 0 spiro atoms. The van der Waals surface area contributed by atoms with Gasteiger partial charge in [0.2, 0.25) is 0 Å². The van der Waals surface area contributed by atoms with Gasteiger partial charge < -0.3 is 15.4 Å². The molecule has 0 bridgehead atoms. The van der Waals surface area contributed by atoms with Crippen LogP contribution < -0.4 is 5.73 Å². The number of amides is 1. The van der Waals surface area contributed by atoms with Crippen LogP contribution in [0.3, 0.4) is 0 Å². The highest BCUT2D eigenvalue weighted by atomic mass is 19.3. The summed E-state index contributed by atoms with van der Waals surface area (Å²) < 4.78 is 30.8. The number of piperidine rings is 1. The summed E-state index contributed by atoms with van der Waals surface area (Å²) >= 11 is 0. The molecule has 5 nitrogen and oxygen atoms in total. The van der Waals surface area contributed by atoms with E-state index in [1.807, 2.05) is 0 Å². The van der Waals surface area contributed by atoms with E-state index in [4.69, 9.17) is 5.73 Å². The molecule has 114 valence electrons. The van der Waals surface area contributed by atoms with Gasteiger partial charge in [-0.25, -0.2) is 13.6 Å². The van der Waals surface area contributed by atoms with Crippen molar-refractivity contribution in [1.82, 2.24) is 4.90 Å². The maximum atomic E-state index is 13.1. The van der Waals surface area contributed by atoms with Gasteiger partial charge in [0.25, 0.3) is 11.8 Å². The second kappa shape index (κ2) is 5.67. The van der Waals surface area contributed by atoms with Crippen LogP contribution in [0.15, 0.2) is 18.2 Å². The number of rotatable bonds is 2. The third kappa shape index (κ3) is 3.48. The largest absolute Gasteiger partial charge is 0.465 e. The predicted octanol–water partition coefficient (Wildman–Crippen LogP) is 1.93. The van der Waals surface area contributed by atoms with Gasteiger partial charge in [0.15, 0.2) is 0 Å². The number of anilines is 1. The Morgan fingerprint density at radius 3 is 2.33 bits per heavy atom. The van der Waals surface area contributed by atoms with Gasteiger partial charge in [0.05, 0.1) is 12.7 Å². The van der Waals surface area contributed by atoms with E-state index in [0.29, 0.717) is 0 Å². The molecule has 1 aliphatic heterocycles. The lowest BCUT2D eigenvalue weighted by atomic mass is 10.0. The van der Waals surface area contributed by atoms with Crippen LogP contribution in [0.5, 0.6) is 0 Å². The van der Waals surface area contributed by atoms with Crippen molar-refractivity contribution in [3.05, 3.63) is 29.3 Å². The average molecular weight is 298 g/mol. The van der Waals surface area contributed by atoms with Gasteiger partial charge >= 0.3 is 5.97 Å². The Balaban J connectivity index is 2.20. The van der Waals surface area contributed by atoms with E-state index in [1.54, 1.807) is 0 Å². The number of alkyl halides is 2. The molecule has 1 aromatic rings. The number of benzene rings is 1. The first-order chi connectivity index (χ1) is 9.82. The summed E-state index contributed by atoms with van der Waals surface area (Å²) in [6, 6.07) is 4.17. The Hall–Kier alpha value is -2.18. The van der Waals surface area contributed by atoms with Crippen molar-refractivity contribution in [1.29, 1.82) is 0 Å². The summed E-state index contributed by atoms with van der Waals surface area (Å²) in [5, 5.41) is 0. The van der Waals surface area contributed by atoms with Crippen LogP contribution in [0.25, 0.3) is 0 Å². The summed E-state index contributed by atoms with van der Waals surface area (Å²) in [6.45, 7) is -0.0393. The van der Waals surface area contributed by atoms with Gasteiger partial charge in [-0.2, -0.15) is 0 Å². The number of hydrogen-bond donors (Lipinski definition) is 1. The number of esters is 1. The number of nitrogen functional groups attached to an aromatic ring is 1. The number of halogens is 2. The maximum Gasteiger partial charge on any atom is 0.337 e. The number of likely N-dealkylation sites (tertiary alicyclic amines) is 1. The second-order valence-corrected chi connectivity index (χ2v) is 4.98. The number of ether oxygens (including phenoxy) is 1. The summed E-state index contributed by atoms with van der Waals surface area (Å²) in [6.07, 6.45) is -0.712. The first kappa shape index (κ1) is 15.2. The van der Waals surface area contributed by atoms with Crippen molar-refractivity contribution in [2.45, 2.75) is 18.8 Å². The molecule has 21 heavy (non-hydrogen) atoms. The Bertz CT molecular complexity index is 565. The van der Waals surface area contributed by atoms with Crippen molar-refractivity contribution < 1.29 is 23.1 Å². The smallest absolute Gasteiger partial charge is 0.337 e. The first-order valence-electron chi connectivity index (χ1n) is 6.48. The molecule has 7 heteroatoms. The fourth-order valence-corrected chi connectivity index (χ4v) is 2.23. The molecule has 0 aromatic heterocycles. The van der Waals surface area contributed by atoms with Gasteiger partial charge in [-0.3, -0.25) is 4.79 Å². The molecule has 1 heterocycles. The lowest BCUT2D eigenvalue weighted by molar-refractivity contribution is -0.0494. The Morgan fingerprint density at radius 2 is 1.76 bits per heavy atom. The lowest BCUT2D eigenvalue weighted by Crippen LogP contribution is -2.42. The Morgan fingerprint density at radius 1 is 1.19 bits per heavy atom. The van der Waals surface area contributed by atoms with Crippen molar-refractivity contribution in [2.24, 2.45) is 0 Å². The molecule has 2 N–H and O–H groups in total. The lowest BCUT2D eigenvalue weighted by Gasteiger charge is -2.31. The van der Waals surface area contributed by atoms with Crippen molar-refractivity contribution in [2.75, 3.05) is 25.9 Å². The van der Waals surface area contributed by atoms with Gasteiger partial charge in [0, 0.05) is 37.2 Å². The number of carbonyl (C=O) groups is 2. The standard InChI is InChI=1S/C14H16F2N2O3/c1-21-13(20)10-6-9(7-11(17)8-10)12(19)18-4-2-14(15,16)3-5-18/h6-8H,2-5,17H2,1H3. The fourth-order valence-electron chi connectivity index (χ4n) is 2.23. The number of nitrogens with two attached hydrogens (primary N) is 1. The molecule has 1 saturated heterocycles. The molecule has 0 radical (unpaired) electrons. The molecule has 0 atom stereocenters. The predicted molar refractivity (Wildman–Crippen MR) is 72.3 cm³/mol. The topological polar surface area (TPSA) is 72.6 Å². The van der Waals surface area contributed by atoms with Crippen LogP contribution in [-0.4, -0.2) is 42.9 Å². The third-order valence-corrected chi connectivity index (χ3v) is 3.41. The Labute approximate surface area is 120 Å². The van der Waals surface area contributed by atoms with Crippen molar-refractivity contribution >= 4 is 17.6 Å². The van der Waals surface area contributed by atoms with Crippen LogP contribution >= 0.6 is 0 Å². The first-order valence-corrected chi connectivity index (χ1v) is 6.48. The highest BCUT2D eigenvalue weighted by Crippen LogP contribution is 2.28. The van der Waals surface area contributed by atoms with Gasteiger partial charge in [-0.1, -0.05) is 0 Å². The quantitative estimate of drug-likeness (QED) is 0.669. The third-order valence-electron chi connectivity index (χ3n) is 3.41.